The smallest absolute Gasteiger partial charge is 0.335 e. The van der Waals surface area contributed by atoms with Crippen LogP contribution in [0, 0.1) is 0 Å². The van der Waals surface area contributed by atoms with E-state index in [2.05, 4.69) is 0 Å². The first kappa shape index (κ1) is 19.4. The predicted octanol–water partition coefficient (Wildman–Crippen LogP) is -4.23. The number of rotatable bonds is 4. The van der Waals surface area contributed by atoms with E-state index in [-0.39, 0.29) is 0 Å². The Hall–Kier alpha value is -0.890. The SMILES string of the molecule is C[C@@H]1OC(CO)[C@H](O)[C@H](O[C@@H]2OC(C(=O)O)[C@@H](O)[C@H](O)C2O)C1O. The van der Waals surface area contributed by atoms with E-state index < -0.39 is 73.8 Å². The van der Waals surface area contributed by atoms with Crippen molar-refractivity contribution in [2.24, 2.45) is 0 Å². The second-order valence-corrected chi connectivity index (χ2v) is 5.88. The Kier molecular flexibility index (Phi) is 6.12. The summed E-state index contributed by atoms with van der Waals surface area (Å²) in [6.07, 6.45) is -15.3. The predicted molar refractivity (Wildman–Crippen MR) is 72.6 cm³/mol. The third-order valence-electron chi connectivity index (χ3n) is 4.21. The van der Waals surface area contributed by atoms with Crippen LogP contribution in [0.3, 0.4) is 0 Å². The fourth-order valence-electron chi connectivity index (χ4n) is 2.75. The van der Waals surface area contributed by atoms with Gasteiger partial charge in [0.1, 0.15) is 42.7 Å². The molecule has 24 heavy (non-hydrogen) atoms. The molecule has 10 atom stereocenters. The molecule has 0 radical (unpaired) electrons. The molecular weight excluding hydrogens is 332 g/mol. The van der Waals surface area contributed by atoms with E-state index in [1.807, 2.05) is 0 Å². The minimum Gasteiger partial charge on any atom is -0.479 e. The molecule has 0 spiro atoms. The minimum atomic E-state index is -1.88. The van der Waals surface area contributed by atoms with E-state index in [1.54, 1.807) is 0 Å². The molecule has 2 aliphatic heterocycles. The Labute approximate surface area is 136 Å². The number of aliphatic hydroxyl groups is 6. The van der Waals surface area contributed by atoms with Gasteiger partial charge in [0.15, 0.2) is 12.4 Å². The van der Waals surface area contributed by atoms with Crippen molar-refractivity contribution in [3.63, 3.8) is 0 Å². The molecule has 11 heteroatoms. The molecule has 11 nitrogen and oxygen atoms in total. The van der Waals surface area contributed by atoms with Crippen molar-refractivity contribution in [1.29, 1.82) is 0 Å². The highest BCUT2D eigenvalue weighted by Gasteiger charge is 2.51. The monoisotopic (exact) mass is 354 g/mol. The first-order valence-electron chi connectivity index (χ1n) is 7.39. The van der Waals surface area contributed by atoms with E-state index in [0.717, 1.165) is 0 Å². The van der Waals surface area contributed by atoms with E-state index >= 15 is 0 Å². The molecule has 140 valence electrons. The van der Waals surface area contributed by atoms with Gasteiger partial charge in [0, 0.05) is 0 Å². The Bertz CT molecular complexity index is 446. The number of ether oxygens (including phenoxy) is 3. The van der Waals surface area contributed by atoms with Gasteiger partial charge < -0.3 is 50.0 Å². The lowest BCUT2D eigenvalue weighted by molar-refractivity contribution is -0.335. The van der Waals surface area contributed by atoms with Crippen LogP contribution in [0.2, 0.25) is 0 Å². The molecule has 2 fully saturated rings. The highest BCUT2D eigenvalue weighted by molar-refractivity contribution is 5.73. The number of aliphatic carboxylic acids is 1. The fourth-order valence-corrected chi connectivity index (χ4v) is 2.75. The highest BCUT2D eigenvalue weighted by atomic mass is 16.7. The number of aliphatic hydroxyl groups excluding tert-OH is 6. The van der Waals surface area contributed by atoms with Crippen LogP contribution in [0.1, 0.15) is 6.92 Å². The maximum absolute atomic E-state index is 11.0. The normalized spacial score (nSPS) is 49.8. The molecular formula is C13H22O11. The quantitative estimate of drug-likeness (QED) is 0.259. The summed E-state index contributed by atoms with van der Waals surface area (Å²) in [5.41, 5.74) is 0. The number of hydrogen-bond donors (Lipinski definition) is 7. The average Bonchev–Trinajstić information content (AvgIpc) is 2.54. The maximum atomic E-state index is 11.0. The van der Waals surface area contributed by atoms with Gasteiger partial charge in [0.25, 0.3) is 0 Å². The van der Waals surface area contributed by atoms with E-state index in [9.17, 15) is 35.4 Å². The van der Waals surface area contributed by atoms with Crippen LogP contribution < -0.4 is 0 Å². The van der Waals surface area contributed by atoms with Crippen molar-refractivity contribution < 1.29 is 54.8 Å². The van der Waals surface area contributed by atoms with Gasteiger partial charge >= 0.3 is 5.97 Å². The number of hydrogen-bond acceptors (Lipinski definition) is 10. The molecule has 0 aliphatic carbocycles. The summed E-state index contributed by atoms with van der Waals surface area (Å²) in [6, 6.07) is 0. The zero-order valence-electron chi connectivity index (χ0n) is 12.7. The van der Waals surface area contributed by atoms with Gasteiger partial charge in [-0.3, -0.25) is 0 Å². The zero-order chi connectivity index (χ0) is 18.2. The Morgan fingerprint density at radius 1 is 0.958 bits per heavy atom. The summed E-state index contributed by atoms with van der Waals surface area (Å²) >= 11 is 0. The van der Waals surface area contributed by atoms with E-state index in [1.165, 1.54) is 6.92 Å². The van der Waals surface area contributed by atoms with Crippen molar-refractivity contribution in [2.75, 3.05) is 6.61 Å². The van der Waals surface area contributed by atoms with Crippen LogP contribution >= 0.6 is 0 Å². The fraction of sp³-hybridized carbons (Fsp3) is 0.923. The van der Waals surface area contributed by atoms with Gasteiger partial charge in [-0.2, -0.15) is 0 Å². The molecule has 0 bridgehead atoms. The molecule has 0 aromatic heterocycles. The number of carbonyl (C=O) groups is 1. The first-order chi connectivity index (χ1) is 11.2. The molecule has 0 aromatic carbocycles. The standard InChI is InChI=1S/C13H22O11/c1-3-5(15)10(6(16)4(2-14)22-3)23-13-9(19)7(17)8(18)11(24-13)12(20)21/h3-11,13-19H,2H2,1H3,(H,20,21)/t3-,4?,5?,6-,7-,8-,9?,10+,11?,13+/m0/s1. The maximum Gasteiger partial charge on any atom is 0.335 e. The Morgan fingerprint density at radius 2 is 1.58 bits per heavy atom. The van der Waals surface area contributed by atoms with Crippen LogP contribution in [0.25, 0.3) is 0 Å². The minimum absolute atomic E-state index is 0.564. The molecule has 0 amide bonds. The molecule has 0 aromatic rings. The van der Waals surface area contributed by atoms with Crippen molar-refractivity contribution in [3.05, 3.63) is 0 Å². The van der Waals surface area contributed by atoms with Crippen molar-refractivity contribution >= 4 is 5.97 Å². The lowest BCUT2D eigenvalue weighted by Crippen LogP contribution is -2.64. The molecule has 7 N–H and O–H groups in total. The third kappa shape index (κ3) is 3.54. The summed E-state index contributed by atoms with van der Waals surface area (Å²) < 4.78 is 15.4. The Morgan fingerprint density at radius 3 is 2.12 bits per heavy atom. The van der Waals surface area contributed by atoms with Gasteiger partial charge in [-0.25, -0.2) is 4.79 Å². The summed E-state index contributed by atoms with van der Waals surface area (Å²) in [6.45, 7) is 0.900. The van der Waals surface area contributed by atoms with Crippen LogP contribution in [0.4, 0.5) is 0 Å². The third-order valence-corrected chi connectivity index (χ3v) is 4.21. The second-order valence-electron chi connectivity index (χ2n) is 5.88. The molecule has 4 unspecified atom stereocenters. The molecule has 2 heterocycles. The lowest BCUT2D eigenvalue weighted by atomic mass is 9.95. The van der Waals surface area contributed by atoms with Gasteiger partial charge in [-0.05, 0) is 6.92 Å². The van der Waals surface area contributed by atoms with Crippen LogP contribution in [0.15, 0.2) is 0 Å². The summed E-state index contributed by atoms with van der Waals surface area (Å²) in [7, 11) is 0. The van der Waals surface area contributed by atoms with Crippen molar-refractivity contribution in [1.82, 2.24) is 0 Å². The highest BCUT2D eigenvalue weighted by Crippen LogP contribution is 2.29. The average molecular weight is 354 g/mol. The van der Waals surface area contributed by atoms with Crippen LogP contribution in [-0.4, -0.2) is 110 Å². The van der Waals surface area contributed by atoms with Crippen molar-refractivity contribution in [2.45, 2.75) is 68.1 Å². The summed E-state index contributed by atoms with van der Waals surface area (Å²) in [4.78, 5) is 11.0. The molecule has 2 saturated heterocycles. The van der Waals surface area contributed by atoms with E-state index in [4.69, 9.17) is 19.3 Å². The van der Waals surface area contributed by atoms with Crippen LogP contribution in [-0.2, 0) is 19.0 Å². The number of carboxylic acids is 1. The van der Waals surface area contributed by atoms with Gasteiger partial charge in [0.05, 0.1) is 12.7 Å². The van der Waals surface area contributed by atoms with Gasteiger partial charge in [-0.15, -0.1) is 0 Å². The Balaban J connectivity index is 2.16. The first-order valence-corrected chi connectivity index (χ1v) is 7.39. The van der Waals surface area contributed by atoms with E-state index in [0.29, 0.717) is 0 Å². The topological polar surface area (TPSA) is 186 Å². The lowest BCUT2D eigenvalue weighted by Gasteiger charge is -2.45. The molecule has 2 aliphatic rings. The van der Waals surface area contributed by atoms with Crippen molar-refractivity contribution in [3.8, 4) is 0 Å². The number of carboxylic acid groups (broad SMARTS) is 1. The molecule has 2 rings (SSSR count). The molecule has 0 saturated carbocycles. The zero-order valence-corrected chi connectivity index (χ0v) is 12.7. The summed E-state index contributed by atoms with van der Waals surface area (Å²) in [5, 5.41) is 67.6. The van der Waals surface area contributed by atoms with Gasteiger partial charge in [-0.1, -0.05) is 0 Å². The largest absolute Gasteiger partial charge is 0.479 e. The van der Waals surface area contributed by atoms with Crippen LogP contribution in [0.5, 0.6) is 0 Å². The second kappa shape index (κ2) is 7.56. The summed E-state index contributed by atoms with van der Waals surface area (Å²) in [5.74, 6) is -1.59. The van der Waals surface area contributed by atoms with Gasteiger partial charge in [0.2, 0.25) is 0 Å².